The van der Waals surface area contributed by atoms with Crippen LogP contribution in [-0.4, -0.2) is 10.2 Å². The van der Waals surface area contributed by atoms with E-state index in [4.69, 9.17) is 5.11 Å². The van der Waals surface area contributed by atoms with Gasteiger partial charge in [0.05, 0.1) is 6.61 Å². The van der Waals surface area contributed by atoms with E-state index >= 15 is 0 Å². The molecule has 1 aromatic carbocycles. The van der Waals surface area contributed by atoms with Gasteiger partial charge in [-0.25, -0.2) is 0 Å². The highest BCUT2D eigenvalue weighted by molar-refractivity contribution is 5.52. The SMILES string of the molecule is CC=Cc1ccc(O)c(CO)c1. The Morgan fingerprint density at radius 1 is 1.42 bits per heavy atom. The van der Waals surface area contributed by atoms with Crippen molar-refractivity contribution in [1.82, 2.24) is 0 Å². The summed E-state index contributed by atoms with van der Waals surface area (Å²) in [5, 5.41) is 18.0. The highest BCUT2D eigenvalue weighted by atomic mass is 16.3. The number of allylic oxidation sites excluding steroid dienone is 1. The monoisotopic (exact) mass is 164 g/mol. The molecule has 0 saturated heterocycles. The normalized spacial score (nSPS) is 10.8. The second-order valence-electron chi connectivity index (χ2n) is 2.55. The number of aliphatic hydroxyl groups is 1. The molecule has 0 unspecified atom stereocenters. The van der Waals surface area contributed by atoms with Gasteiger partial charge in [-0.2, -0.15) is 0 Å². The molecule has 0 atom stereocenters. The average molecular weight is 164 g/mol. The van der Waals surface area contributed by atoms with E-state index in [1.54, 1.807) is 18.2 Å². The van der Waals surface area contributed by atoms with Crippen molar-refractivity contribution in [2.75, 3.05) is 0 Å². The molecule has 0 amide bonds. The summed E-state index contributed by atoms with van der Waals surface area (Å²) in [4.78, 5) is 0. The van der Waals surface area contributed by atoms with Crippen LogP contribution in [0.1, 0.15) is 18.1 Å². The minimum atomic E-state index is -0.128. The molecule has 0 radical (unpaired) electrons. The third-order valence-corrected chi connectivity index (χ3v) is 1.63. The zero-order valence-electron chi connectivity index (χ0n) is 6.99. The largest absolute Gasteiger partial charge is 0.508 e. The minimum Gasteiger partial charge on any atom is -0.508 e. The fourth-order valence-electron chi connectivity index (χ4n) is 1.03. The summed E-state index contributed by atoms with van der Waals surface area (Å²) in [6.07, 6.45) is 3.83. The van der Waals surface area contributed by atoms with Crippen LogP contribution in [0.2, 0.25) is 0 Å². The van der Waals surface area contributed by atoms with Gasteiger partial charge in [0.15, 0.2) is 0 Å². The third kappa shape index (κ3) is 1.86. The lowest BCUT2D eigenvalue weighted by atomic mass is 10.1. The summed E-state index contributed by atoms with van der Waals surface area (Å²) in [7, 11) is 0. The average Bonchev–Trinajstić information content (AvgIpc) is 2.09. The molecule has 0 aromatic heterocycles. The number of rotatable bonds is 2. The predicted molar refractivity (Wildman–Crippen MR) is 48.7 cm³/mol. The van der Waals surface area contributed by atoms with E-state index in [0.717, 1.165) is 5.56 Å². The van der Waals surface area contributed by atoms with Gasteiger partial charge in [-0.05, 0) is 24.6 Å². The summed E-state index contributed by atoms with van der Waals surface area (Å²) in [5.74, 6) is 0.144. The molecule has 0 aliphatic carbocycles. The lowest BCUT2D eigenvalue weighted by molar-refractivity contribution is 0.275. The van der Waals surface area contributed by atoms with Crippen LogP contribution in [0.25, 0.3) is 6.08 Å². The van der Waals surface area contributed by atoms with Crippen LogP contribution >= 0.6 is 0 Å². The molecule has 64 valence electrons. The van der Waals surface area contributed by atoms with Gasteiger partial charge >= 0.3 is 0 Å². The molecule has 0 aliphatic rings. The number of hydrogen-bond acceptors (Lipinski definition) is 2. The lowest BCUT2D eigenvalue weighted by Gasteiger charge is -2.01. The van der Waals surface area contributed by atoms with Crippen molar-refractivity contribution >= 4 is 6.08 Å². The summed E-state index contributed by atoms with van der Waals surface area (Å²) in [6, 6.07) is 5.14. The second-order valence-corrected chi connectivity index (χ2v) is 2.55. The highest BCUT2D eigenvalue weighted by Gasteiger charge is 1.98. The standard InChI is InChI=1S/C10H12O2/c1-2-3-8-4-5-10(12)9(6-8)7-11/h2-6,11-12H,7H2,1H3. The number of phenols is 1. The first kappa shape index (κ1) is 8.81. The van der Waals surface area contributed by atoms with Gasteiger partial charge in [0.1, 0.15) is 5.75 Å². The molecule has 1 aromatic rings. The molecular formula is C10H12O2. The van der Waals surface area contributed by atoms with Gasteiger partial charge in [-0.15, -0.1) is 0 Å². The Morgan fingerprint density at radius 2 is 2.17 bits per heavy atom. The van der Waals surface area contributed by atoms with E-state index in [9.17, 15) is 5.11 Å². The molecule has 2 N–H and O–H groups in total. The van der Waals surface area contributed by atoms with E-state index in [-0.39, 0.29) is 12.4 Å². The molecule has 0 fully saturated rings. The fourth-order valence-corrected chi connectivity index (χ4v) is 1.03. The van der Waals surface area contributed by atoms with Crippen molar-refractivity contribution in [2.24, 2.45) is 0 Å². The minimum absolute atomic E-state index is 0.128. The van der Waals surface area contributed by atoms with Gasteiger partial charge < -0.3 is 10.2 Å². The van der Waals surface area contributed by atoms with Crippen molar-refractivity contribution < 1.29 is 10.2 Å². The first-order valence-corrected chi connectivity index (χ1v) is 3.83. The van der Waals surface area contributed by atoms with Gasteiger partial charge in [0, 0.05) is 5.56 Å². The van der Waals surface area contributed by atoms with Gasteiger partial charge in [0.25, 0.3) is 0 Å². The van der Waals surface area contributed by atoms with E-state index < -0.39 is 0 Å². The van der Waals surface area contributed by atoms with Crippen LogP contribution in [0.15, 0.2) is 24.3 Å². The zero-order chi connectivity index (χ0) is 8.97. The first-order chi connectivity index (χ1) is 5.77. The Morgan fingerprint density at radius 3 is 2.75 bits per heavy atom. The maximum atomic E-state index is 9.22. The molecule has 2 nitrogen and oxygen atoms in total. The maximum Gasteiger partial charge on any atom is 0.121 e. The van der Waals surface area contributed by atoms with Crippen LogP contribution < -0.4 is 0 Å². The van der Waals surface area contributed by atoms with Gasteiger partial charge in [-0.3, -0.25) is 0 Å². The zero-order valence-corrected chi connectivity index (χ0v) is 6.99. The first-order valence-electron chi connectivity index (χ1n) is 3.83. The molecule has 1 rings (SSSR count). The summed E-state index contributed by atoms with van der Waals surface area (Å²) >= 11 is 0. The molecular weight excluding hydrogens is 152 g/mol. The Kier molecular flexibility index (Phi) is 2.88. The summed E-state index contributed by atoms with van der Waals surface area (Å²) in [5.41, 5.74) is 1.55. The van der Waals surface area contributed by atoms with Crippen molar-refractivity contribution in [2.45, 2.75) is 13.5 Å². The molecule has 0 heterocycles. The van der Waals surface area contributed by atoms with Gasteiger partial charge in [-0.1, -0.05) is 18.2 Å². The molecule has 2 heteroatoms. The van der Waals surface area contributed by atoms with Crippen LogP contribution in [0.4, 0.5) is 0 Å². The van der Waals surface area contributed by atoms with E-state index in [0.29, 0.717) is 5.56 Å². The van der Waals surface area contributed by atoms with Crippen molar-refractivity contribution in [3.05, 3.63) is 35.4 Å². The van der Waals surface area contributed by atoms with Crippen molar-refractivity contribution in [3.63, 3.8) is 0 Å². The van der Waals surface area contributed by atoms with Crippen molar-refractivity contribution in [1.29, 1.82) is 0 Å². The Labute approximate surface area is 71.8 Å². The van der Waals surface area contributed by atoms with Crippen LogP contribution in [0.5, 0.6) is 5.75 Å². The summed E-state index contributed by atoms with van der Waals surface area (Å²) in [6.45, 7) is 1.79. The number of hydrogen-bond donors (Lipinski definition) is 2. The number of aromatic hydroxyl groups is 1. The van der Waals surface area contributed by atoms with E-state index in [2.05, 4.69) is 0 Å². The van der Waals surface area contributed by atoms with E-state index in [1.165, 1.54) is 0 Å². The Bertz CT molecular complexity index is 290. The number of benzene rings is 1. The molecule has 0 saturated carbocycles. The second kappa shape index (κ2) is 3.93. The topological polar surface area (TPSA) is 40.5 Å². The lowest BCUT2D eigenvalue weighted by Crippen LogP contribution is -1.84. The smallest absolute Gasteiger partial charge is 0.121 e. The third-order valence-electron chi connectivity index (χ3n) is 1.63. The predicted octanol–water partition coefficient (Wildman–Crippen LogP) is 1.92. The maximum absolute atomic E-state index is 9.22. The van der Waals surface area contributed by atoms with Crippen LogP contribution in [-0.2, 0) is 6.61 Å². The Balaban J connectivity index is 3.05. The van der Waals surface area contributed by atoms with Crippen molar-refractivity contribution in [3.8, 4) is 5.75 Å². The van der Waals surface area contributed by atoms with Crippen LogP contribution in [0, 0.1) is 0 Å². The van der Waals surface area contributed by atoms with Crippen LogP contribution in [0.3, 0.4) is 0 Å². The summed E-state index contributed by atoms with van der Waals surface area (Å²) < 4.78 is 0. The fraction of sp³-hybridized carbons (Fsp3) is 0.200. The molecule has 0 spiro atoms. The highest BCUT2D eigenvalue weighted by Crippen LogP contribution is 2.18. The molecule has 0 aliphatic heterocycles. The van der Waals surface area contributed by atoms with E-state index in [1.807, 2.05) is 19.1 Å². The Hall–Kier alpha value is -1.28. The number of aliphatic hydroxyl groups excluding tert-OH is 1. The molecule has 0 bridgehead atoms. The molecule has 12 heavy (non-hydrogen) atoms. The quantitative estimate of drug-likeness (QED) is 0.701. The van der Waals surface area contributed by atoms with Gasteiger partial charge in [0.2, 0.25) is 0 Å².